The minimum absolute atomic E-state index is 0.00142. The van der Waals surface area contributed by atoms with E-state index < -0.39 is 24.7 Å². The zero-order valence-electron chi connectivity index (χ0n) is 11.3. The molecule has 0 fully saturated rings. The second-order valence-corrected chi connectivity index (χ2v) is 5.48. The third kappa shape index (κ3) is 7.76. The van der Waals surface area contributed by atoms with Crippen molar-refractivity contribution in [1.82, 2.24) is 5.32 Å². The molecular formula is C13H16Cl2F3NO2. The quantitative estimate of drug-likeness (QED) is 0.792. The van der Waals surface area contributed by atoms with Gasteiger partial charge in [0.1, 0.15) is 18.5 Å². The second-order valence-electron chi connectivity index (χ2n) is 4.67. The summed E-state index contributed by atoms with van der Waals surface area (Å²) in [6, 6.07) is 3.86. The SMILES string of the molecule is CC(CC(F)(F)F)NCC(O)COc1ccc(Cl)c(Cl)c1. The molecule has 0 aliphatic heterocycles. The molecule has 0 radical (unpaired) electrons. The van der Waals surface area contributed by atoms with Gasteiger partial charge in [-0.2, -0.15) is 13.2 Å². The normalized spacial score (nSPS) is 14.8. The number of ether oxygens (including phenoxy) is 1. The number of hydrogen-bond donors (Lipinski definition) is 2. The predicted molar refractivity (Wildman–Crippen MR) is 76.1 cm³/mol. The van der Waals surface area contributed by atoms with Crippen LogP contribution in [0.4, 0.5) is 13.2 Å². The highest BCUT2D eigenvalue weighted by atomic mass is 35.5. The molecule has 0 saturated carbocycles. The van der Waals surface area contributed by atoms with Crippen molar-refractivity contribution in [3.63, 3.8) is 0 Å². The highest BCUT2D eigenvalue weighted by Crippen LogP contribution is 2.26. The standard InChI is InChI=1S/C13H16Cl2F3NO2/c1-8(5-13(16,17)18)19-6-9(20)7-21-10-2-3-11(14)12(15)4-10/h2-4,8-9,19-20H,5-7H2,1H3. The molecule has 2 atom stereocenters. The van der Waals surface area contributed by atoms with Crippen LogP contribution in [0.15, 0.2) is 18.2 Å². The summed E-state index contributed by atoms with van der Waals surface area (Å²) < 4.78 is 41.6. The summed E-state index contributed by atoms with van der Waals surface area (Å²) in [5, 5.41) is 13.0. The van der Waals surface area contributed by atoms with Crippen molar-refractivity contribution in [2.45, 2.75) is 31.7 Å². The zero-order valence-corrected chi connectivity index (χ0v) is 12.8. The summed E-state index contributed by atoms with van der Waals surface area (Å²) in [6.07, 6.45) is -6.11. The molecule has 0 aliphatic rings. The second kappa shape index (κ2) is 8.08. The molecule has 21 heavy (non-hydrogen) atoms. The van der Waals surface area contributed by atoms with Gasteiger partial charge in [0.05, 0.1) is 16.5 Å². The van der Waals surface area contributed by atoms with Crippen molar-refractivity contribution in [1.29, 1.82) is 0 Å². The Morgan fingerprint density at radius 2 is 1.95 bits per heavy atom. The molecule has 1 aromatic rings. The Kier molecular flexibility index (Phi) is 7.06. The van der Waals surface area contributed by atoms with Gasteiger partial charge in [-0.3, -0.25) is 0 Å². The van der Waals surface area contributed by atoms with Gasteiger partial charge in [0.15, 0.2) is 0 Å². The molecule has 3 nitrogen and oxygen atoms in total. The molecule has 0 bridgehead atoms. The van der Waals surface area contributed by atoms with Crippen LogP contribution in [-0.2, 0) is 0 Å². The van der Waals surface area contributed by atoms with E-state index in [0.29, 0.717) is 15.8 Å². The molecule has 1 rings (SSSR count). The fraction of sp³-hybridized carbons (Fsp3) is 0.538. The first-order chi connectivity index (χ1) is 9.67. The van der Waals surface area contributed by atoms with E-state index in [2.05, 4.69) is 5.32 Å². The van der Waals surface area contributed by atoms with E-state index in [1.165, 1.54) is 13.0 Å². The summed E-state index contributed by atoms with van der Waals surface area (Å²) in [6.45, 7) is 1.34. The monoisotopic (exact) mass is 345 g/mol. The Bertz CT molecular complexity index is 458. The van der Waals surface area contributed by atoms with Gasteiger partial charge in [-0.25, -0.2) is 0 Å². The maximum Gasteiger partial charge on any atom is 0.390 e. The van der Waals surface area contributed by atoms with Gasteiger partial charge in [-0.15, -0.1) is 0 Å². The topological polar surface area (TPSA) is 41.5 Å². The van der Waals surface area contributed by atoms with Crippen LogP contribution in [0.5, 0.6) is 5.75 Å². The molecule has 0 aliphatic carbocycles. The van der Waals surface area contributed by atoms with Crippen molar-refractivity contribution in [3.8, 4) is 5.75 Å². The Morgan fingerprint density at radius 1 is 1.29 bits per heavy atom. The molecule has 0 heterocycles. The largest absolute Gasteiger partial charge is 0.491 e. The van der Waals surface area contributed by atoms with Crippen LogP contribution in [0, 0.1) is 0 Å². The third-order valence-corrected chi connectivity index (χ3v) is 3.31. The van der Waals surface area contributed by atoms with Crippen LogP contribution in [0.3, 0.4) is 0 Å². The average molecular weight is 346 g/mol. The van der Waals surface area contributed by atoms with Crippen LogP contribution >= 0.6 is 23.2 Å². The number of rotatable bonds is 7. The number of hydrogen-bond acceptors (Lipinski definition) is 3. The van der Waals surface area contributed by atoms with E-state index in [-0.39, 0.29) is 13.2 Å². The van der Waals surface area contributed by atoms with E-state index in [1.54, 1.807) is 12.1 Å². The molecule has 1 aromatic carbocycles. The number of benzene rings is 1. The van der Waals surface area contributed by atoms with Crippen LogP contribution < -0.4 is 10.1 Å². The highest BCUT2D eigenvalue weighted by Gasteiger charge is 2.29. The van der Waals surface area contributed by atoms with E-state index in [0.717, 1.165) is 0 Å². The van der Waals surface area contributed by atoms with Crippen molar-refractivity contribution in [3.05, 3.63) is 28.2 Å². The molecule has 0 amide bonds. The van der Waals surface area contributed by atoms with Gasteiger partial charge >= 0.3 is 6.18 Å². The van der Waals surface area contributed by atoms with Gasteiger partial charge < -0.3 is 15.2 Å². The molecular weight excluding hydrogens is 330 g/mol. The maximum atomic E-state index is 12.1. The first-order valence-corrected chi connectivity index (χ1v) is 6.99. The Balaban J connectivity index is 2.30. The Labute approximate surface area is 131 Å². The fourth-order valence-corrected chi connectivity index (χ4v) is 1.86. The van der Waals surface area contributed by atoms with E-state index in [4.69, 9.17) is 27.9 Å². The van der Waals surface area contributed by atoms with E-state index >= 15 is 0 Å². The van der Waals surface area contributed by atoms with Gasteiger partial charge in [0.25, 0.3) is 0 Å². The predicted octanol–water partition coefficient (Wildman–Crippen LogP) is 3.66. The first-order valence-electron chi connectivity index (χ1n) is 6.23. The van der Waals surface area contributed by atoms with Crippen LogP contribution in [0.25, 0.3) is 0 Å². The number of aliphatic hydroxyl groups excluding tert-OH is 1. The van der Waals surface area contributed by atoms with Crippen molar-refractivity contribution >= 4 is 23.2 Å². The van der Waals surface area contributed by atoms with Crippen LogP contribution in [0.2, 0.25) is 10.0 Å². The summed E-state index contributed by atoms with van der Waals surface area (Å²) in [4.78, 5) is 0. The Morgan fingerprint density at radius 3 is 2.52 bits per heavy atom. The maximum absolute atomic E-state index is 12.1. The zero-order chi connectivity index (χ0) is 16.0. The van der Waals surface area contributed by atoms with Gasteiger partial charge in [-0.1, -0.05) is 23.2 Å². The van der Waals surface area contributed by atoms with Gasteiger partial charge in [-0.05, 0) is 19.1 Å². The molecule has 0 saturated heterocycles. The molecule has 120 valence electrons. The summed E-state index contributed by atoms with van der Waals surface area (Å²) in [5.74, 6) is 0.423. The lowest BCUT2D eigenvalue weighted by Gasteiger charge is -2.18. The van der Waals surface area contributed by atoms with Gasteiger partial charge in [0, 0.05) is 18.7 Å². The lowest BCUT2D eigenvalue weighted by Crippen LogP contribution is -2.38. The number of alkyl halides is 3. The molecule has 0 spiro atoms. The fourth-order valence-electron chi connectivity index (χ4n) is 1.57. The van der Waals surface area contributed by atoms with Crippen molar-refractivity contribution < 1.29 is 23.0 Å². The average Bonchev–Trinajstić information content (AvgIpc) is 2.36. The number of halogens is 5. The molecule has 8 heteroatoms. The van der Waals surface area contributed by atoms with Crippen molar-refractivity contribution in [2.75, 3.05) is 13.2 Å². The Hall–Kier alpha value is -0.690. The lowest BCUT2D eigenvalue weighted by molar-refractivity contribution is -0.139. The number of aliphatic hydroxyl groups is 1. The van der Waals surface area contributed by atoms with Gasteiger partial charge in [0.2, 0.25) is 0 Å². The molecule has 2 N–H and O–H groups in total. The number of nitrogens with one attached hydrogen (secondary N) is 1. The highest BCUT2D eigenvalue weighted by molar-refractivity contribution is 6.42. The van der Waals surface area contributed by atoms with Crippen LogP contribution in [-0.4, -0.2) is 36.6 Å². The molecule has 2 unspecified atom stereocenters. The summed E-state index contributed by atoms with van der Waals surface area (Å²) >= 11 is 11.5. The minimum atomic E-state index is -4.23. The van der Waals surface area contributed by atoms with Crippen molar-refractivity contribution in [2.24, 2.45) is 0 Å². The molecule has 0 aromatic heterocycles. The smallest absolute Gasteiger partial charge is 0.390 e. The van der Waals surface area contributed by atoms with Crippen LogP contribution in [0.1, 0.15) is 13.3 Å². The third-order valence-electron chi connectivity index (χ3n) is 2.57. The lowest BCUT2D eigenvalue weighted by atomic mass is 10.2. The summed E-state index contributed by atoms with van der Waals surface area (Å²) in [5.41, 5.74) is 0. The first kappa shape index (κ1) is 18.4. The van der Waals surface area contributed by atoms with E-state index in [1.807, 2.05) is 0 Å². The minimum Gasteiger partial charge on any atom is -0.491 e. The summed E-state index contributed by atoms with van der Waals surface area (Å²) in [7, 11) is 0. The van der Waals surface area contributed by atoms with E-state index in [9.17, 15) is 18.3 Å².